The lowest BCUT2D eigenvalue weighted by Crippen LogP contribution is -2.17. The smallest absolute Gasteiger partial charge is 0.132 e. The van der Waals surface area contributed by atoms with E-state index in [4.69, 9.17) is 0 Å². The molecule has 0 saturated heterocycles. The van der Waals surface area contributed by atoms with Crippen LogP contribution in [0.25, 0.3) is 22.3 Å². The molecular formula is C20H21FN6. The Balaban J connectivity index is 1.35. The maximum absolute atomic E-state index is 14.1. The van der Waals surface area contributed by atoms with Crippen molar-refractivity contribution in [3.63, 3.8) is 0 Å². The van der Waals surface area contributed by atoms with Gasteiger partial charge in [-0.25, -0.2) is 9.07 Å². The molecule has 1 N–H and O–H groups in total. The highest BCUT2D eigenvalue weighted by Gasteiger charge is 2.13. The number of halogens is 1. The van der Waals surface area contributed by atoms with Gasteiger partial charge in [-0.2, -0.15) is 5.10 Å². The molecule has 0 spiro atoms. The largest absolute Gasteiger partial charge is 0.312 e. The lowest BCUT2D eigenvalue weighted by molar-refractivity contribution is 0.541. The van der Waals surface area contributed by atoms with E-state index < -0.39 is 0 Å². The summed E-state index contributed by atoms with van der Waals surface area (Å²) in [6.07, 6.45) is 2.85. The highest BCUT2D eigenvalue weighted by atomic mass is 19.1. The van der Waals surface area contributed by atoms with Crippen LogP contribution >= 0.6 is 0 Å². The van der Waals surface area contributed by atoms with Crippen molar-refractivity contribution in [3.8, 4) is 11.3 Å². The van der Waals surface area contributed by atoms with Gasteiger partial charge >= 0.3 is 0 Å². The number of para-hydroxylation sites is 1. The predicted octanol–water partition coefficient (Wildman–Crippen LogP) is 3.15. The van der Waals surface area contributed by atoms with E-state index in [1.54, 1.807) is 16.8 Å². The second-order valence-electron chi connectivity index (χ2n) is 6.49. The van der Waals surface area contributed by atoms with Gasteiger partial charge in [-0.3, -0.25) is 4.68 Å². The normalized spacial score (nSPS) is 11.3. The van der Waals surface area contributed by atoms with Crippen LogP contribution in [0, 0.1) is 5.82 Å². The Morgan fingerprint density at radius 3 is 2.78 bits per heavy atom. The monoisotopic (exact) mass is 364 g/mol. The Hall–Kier alpha value is -3.06. The summed E-state index contributed by atoms with van der Waals surface area (Å²) in [6, 6.07) is 14.7. The molecule has 0 fully saturated rings. The summed E-state index contributed by atoms with van der Waals surface area (Å²) in [5, 5.41) is 16.2. The summed E-state index contributed by atoms with van der Waals surface area (Å²) in [5.74, 6) is -0.254. The van der Waals surface area contributed by atoms with Crippen LogP contribution in [-0.2, 0) is 20.1 Å². The van der Waals surface area contributed by atoms with Crippen LogP contribution in [0.5, 0.6) is 0 Å². The van der Waals surface area contributed by atoms with Gasteiger partial charge < -0.3 is 5.32 Å². The van der Waals surface area contributed by atoms with E-state index in [0.717, 1.165) is 36.1 Å². The molecule has 0 unspecified atom stereocenters. The quantitative estimate of drug-likeness (QED) is 0.512. The van der Waals surface area contributed by atoms with Crippen molar-refractivity contribution in [2.24, 2.45) is 7.05 Å². The third kappa shape index (κ3) is 3.73. The first-order chi connectivity index (χ1) is 13.2. The molecule has 27 heavy (non-hydrogen) atoms. The van der Waals surface area contributed by atoms with Crippen molar-refractivity contribution in [2.75, 3.05) is 6.54 Å². The molecule has 7 heteroatoms. The Bertz CT molecular complexity index is 1050. The molecule has 138 valence electrons. The Morgan fingerprint density at radius 1 is 1.07 bits per heavy atom. The molecule has 0 aliphatic rings. The Kier molecular flexibility index (Phi) is 4.93. The summed E-state index contributed by atoms with van der Waals surface area (Å²) in [6.45, 7) is 2.25. The summed E-state index contributed by atoms with van der Waals surface area (Å²) in [4.78, 5) is 0. The fourth-order valence-electron chi connectivity index (χ4n) is 3.21. The van der Waals surface area contributed by atoms with Gasteiger partial charge in [-0.05, 0) is 37.2 Å². The molecule has 4 rings (SSSR count). The van der Waals surface area contributed by atoms with Crippen LogP contribution < -0.4 is 5.32 Å². The summed E-state index contributed by atoms with van der Waals surface area (Å²) in [5.41, 5.74) is 4.16. The Labute approximate surface area is 156 Å². The number of benzene rings is 2. The SMILES string of the molecule is Cn1cc(CNCCCn2nnc3ccccc32)c(-c2ccccc2F)n1. The van der Waals surface area contributed by atoms with E-state index in [-0.39, 0.29) is 5.82 Å². The zero-order chi connectivity index (χ0) is 18.6. The number of hydrogen-bond donors (Lipinski definition) is 1. The number of nitrogens with zero attached hydrogens (tertiary/aromatic N) is 5. The van der Waals surface area contributed by atoms with Crippen LogP contribution in [0.3, 0.4) is 0 Å². The van der Waals surface area contributed by atoms with E-state index >= 15 is 0 Å². The highest BCUT2D eigenvalue weighted by molar-refractivity contribution is 5.73. The summed E-state index contributed by atoms with van der Waals surface area (Å²) < 4.78 is 17.8. The molecule has 0 saturated carbocycles. The van der Waals surface area contributed by atoms with E-state index in [0.29, 0.717) is 17.8 Å². The van der Waals surface area contributed by atoms with Gasteiger partial charge in [0, 0.05) is 37.5 Å². The fourth-order valence-corrected chi connectivity index (χ4v) is 3.21. The van der Waals surface area contributed by atoms with E-state index in [9.17, 15) is 4.39 Å². The highest BCUT2D eigenvalue weighted by Crippen LogP contribution is 2.24. The van der Waals surface area contributed by atoms with Crippen molar-refractivity contribution >= 4 is 11.0 Å². The first-order valence-electron chi connectivity index (χ1n) is 8.99. The molecule has 0 aliphatic heterocycles. The van der Waals surface area contributed by atoms with Gasteiger partial charge in [0.15, 0.2) is 0 Å². The van der Waals surface area contributed by atoms with Gasteiger partial charge in [0.05, 0.1) is 11.2 Å². The van der Waals surface area contributed by atoms with Gasteiger partial charge in [0.2, 0.25) is 0 Å². The zero-order valence-corrected chi connectivity index (χ0v) is 15.1. The predicted molar refractivity (Wildman–Crippen MR) is 102 cm³/mol. The minimum absolute atomic E-state index is 0.254. The molecule has 0 amide bonds. The van der Waals surface area contributed by atoms with Crippen LogP contribution in [0.2, 0.25) is 0 Å². The minimum atomic E-state index is -0.254. The van der Waals surface area contributed by atoms with Gasteiger partial charge in [-0.1, -0.05) is 29.5 Å². The van der Waals surface area contributed by atoms with Crippen LogP contribution in [-0.4, -0.2) is 31.3 Å². The summed E-state index contributed by atoms with van der Waals surface area (Å²) in [7, 11) is 1.85. The molecule has 2 aromatic heterocycles. The Morgan fingerprint density at radius 2 is 1.89 bits per heavy atom. The van der Waals surface area contributed by atoms with Crippen molar-refractivity contribution in [1.29, 1.82) is 0 Å². The maximum Gasteiger partial charge on any atom is 0.132 e. The average Bonchev–Trinajstić information content (AvgIpc) is 3.25. The lowest BCUT2D eigenvalue weighted by Gasteiger charge is -2.06. The molecule has 0 aliphatic carbocycles. The van der Waals surface area contributed by atoms with Crippen LogP contribution in [0.1, 0.15) is 12.0 Å². The molecule has 2 heterocycles. The lowest BCUT2D eigenvalue weighted by atomic mass is 10.1. The standard InChI is InChI=1S/C20H21FN6/c1-26-14-15(20(24-26)16-7-2-3-8-17(16)21)13-22-11-6-12-27-19-10-5-4-9-18(19)23-25-27/h2-5,7-10,14,22H,6,11-13H2,1H3. The van der Waals surface area contributed by atoms with E-state index in [1.165, 1.54) is 6.07 Å². The van der Waals surface area contributed by atoms with Gasteiger partial charge in [0.25, 0.3) is 0 Å². The van der Waals surface area contributed by atoms with Crippen molar-refractivity contribution in [2.45, 2.75) is 19.5 Å². The number of hydrogen-bond acceptors (Lipinski definition) is 4. The first-order valence-corrected chi connectivity index (χ1v) is 8.99. The van der Waals surface area contributed by atoms with E-state index in [1.807, 2.05) is 48.3 Å². The van der Waals surface area contributed by atoms with Crippen molar-refractivity contribution in [1.82, 2.24) is 30.1 Å². The zero-order valence-electron chi connectivity index (χ0n) is 15.1. The molecule has 2 aromatic carbocycles. The third-order valence-corrected chi connectivity index (χ3v) is 4.49. The first kappa shape index (κ1) is 17.4. The number of aryl methyl sites for hydroxylation is 2. The number of aromatic nitrogens is 5. The van der Waals surface area contributed by atoms with Crippen molar-refractivity contribution in [3.05, 3.63) is 66.1 Å². The number of nitrogens with one attached hydrogen (secondary N) is 1. The maximum atomic E-state index is 14.1. The second kappa shape index (κ2) is 7.67. The number of rotatable bonds is 7. The van der Waals surface area contributed by atoms with E-state index in [2.05, 4.69) is 20.7 Å². The van der Waals surface area contributed by atoms with Gasteiger partial charge in [0.1, 0.15) is 11.3 Å². The topological polar surface area (TPSA) is 60.6 Å². The van der Waals surface area contributed by atoms with Crippen molar-refractivity contribution < 1.29 is 4.39 Å². The molecule has 0 bridgehead atoms. The third-order valence-electron chi connectivity index (χ3n) is 4.49. The molecule has 4 aromatic rings. The fraction of sp³-hybridized carbons (Fsp3) is 0.250. The molecular weight excluding hydrogens is 343 g/mol. The van der Waals surface area contributed by atoms with Crippen LogP contribution in [0.4, 0.5) is 4.39 Å². The second-order valence-corrected chi connectivity index (χ2v) is 6.49. The van der Waals surface area contributed by atoms with Gasteiger partial charge in [-0.15, -0.1) is 5.10 Å². The molecule has 6 nitrogen and oxygen atoms in total. The number of fused-ring (bicyclic) bond motifs is 1. The van der Waals surface area contributed by atoms with Crippen LogP contribution in [0.15, 0.2) is 54.7 Å². The molecule has 0 atom stereocenters. The average molecular weight is 364 g/mol. The minimum Gasteiger partial charge on any atom is -0.312 e. The molecule has 0 radical (unpaired) electrons. The summed E-state index contributed by atoms with van der Waals surface area (Å²) >= 11 is 0.